The molecule has 1 heterocycles. The van der Waals surface area contributed by atoms with Crippen molar-refractivity contribution in [3.8, 4) is 5.75 Å². The van der Waals surface area contributed by atoms with E-state index in [9.17, 15) is 4.79 Å². The van der Waals surface area contributed by atoms with E-state index in [2.05, 4.69) is 4.99 Å². The van der Waals surface area contributed by atoms with Crippen LogP contribution < -0.4 is 4.74 Å². The minimum Gasteiger partial charge on any atom is -0.496 e. The monoisotopic (exact) mass is 276 g/mol. The highest BCUT2D eigenvalue weighted by Crippen LogP contribution is 2.31. The predicted molar refractivity (Wildman–Crippen MR) is 79.4 cm³/mol. The smallest absolute Gasteiger partial charge is 0.266 e. The van der Waals surface area contributed by atoms with Crippen molar-refractivity contribution in [2.75, 3.05) is 21.2 Å². The van der Waals surface area contributed by atoms with Crippen molar-refractivity contribution in [3.05, 3.63) is 34.2 Å². The summed E-state index contributed by atoms with van der Waals surface area (Å²) in [7, 11) is 5.07. The fraction of sp³-hybridized carbons (Fsp3) is 0.286. The Bertz CT molecular complexity index is 579. The Balaban J connectivity index is 2.32. The molecule has 1 amide bonds. The maximum absolute atomic E-state index is 12.0. The van der Waals surface area contributed by atoms with E-state index in [-0.39, 0.29) is 5.91 Å². The van der Waals surface area contributed by atoms with Crippen molar-refractivity contribution in [3.63, 3.8) is 0 Å². The zero-order valence-electron chi connectivity index (χ0n) is 11.4. The molecule has 0 spiro atoms. The molecule has 1 aliphatic heterocycles. The molecule has 1 aromatic rings. The number of rotatable bonds is 2. The predicted octanol–water partition coefficient (Wildman–Crippen LogP) is 2.54. The third kappa shape index (κ3) is 2.66. The van der Waals surface area contributed by atoms with Crippen molar-refractivity contribution >= 4 is 28.9 Å². The molecule has 4 nitrogen and oxygen atoms in total. The third-order valence-electron chi connectivity index (χ3n) is 2.91. The Labute approximate surface area is 117 Å². The average molecular weight is 276 g/mol. The van der Waals surface area contributed by atoms with Crippen molar-refractivity contribution in [2.45, 2.75) is 6.92 Å². The van der Waals surface area contributed by atoms with Crippen LogP contribution in [0.1, 0.15) is 11.1 Å². The van der Waals surface area contributed by atoms with Gasteiger partial charge in [-0.3, -0.25) is 14.7 Å². The molecule has 1 saturated heterocycles. The summed E-state index contributed by atoms with van der Waals surface area (Å²) in [6, 6.07) is 5.85. The van der Waals surface area contributed by atoms with E-state index in [4.69, 9.17) is 4.74 Å². The van der Waals surface area contributed by atoms with Crippen LogP contribution in [-0.2, 0) is 4.79 Å². The number of nitrogens with zero attached hydrogens (tertiary/aromatic N) is 2. The fourth-order valence-electron chi connectivity index (χ4n) is 1.89. The molecular formula is C14H16N2O2S. The first kappa shape index (κ1) is 13.7. The molecule has 5 heteroatoms. The minimum atomic E-state index is -0.0147. The van der Waals surface area contributed by atoms with Crippen LogP contribution in [0.5, 0.6) is 5.75 Å². The van der Waals surface area contributed by atoms with Gasteiger partial charge in [-0.1, -0.05) is 6.07 Å². The number of amides is 1. The summed E-state index contributed by atoms with van der Waals surface area (Å²) < 4.78 is 5.22. The van der Waals surface area contributed by atoms with Crippen LogP contribution in [0.15, 0.2) is 28.1 Å². The summed E-state index contributed by atoms with van der Waals surface area (Å²) in [6.07, 6.45) is 1.88. The Kier molecular flexibility index (Phi) is 3.95. The van der Waals surface area contributed by atoms with Crippen molar-refractivity contribution < 1.29 is 9.53 Å². The number of benzene rings is 1. The van der Waals surface area contributed by atoms with Crippen LogP contribution in [0, 0.1) is 6.92 Å². The second kappa shape index (κ2) is 5.48. The average Bonchev–Trinajstić information content (AvgIpc) is 2.67. The van der Waals surface area contributed by atoms with E-state index < -0.39 is 0 Å². The number of thioether (sulfide) groups is 1. The molecule has 0 bridgehead atoms. The minimum absolute atomic E-state index is 0.0147. The number of amidine groups is 1. The van der Waals surface area contributed by atoms with Crippen LogP contribution in [0.2, 0.25) is 0 Å². The Hall–Kier alpha value is -1.75. The lowest BCUT2D eigenvalue weighted by Gasteiger charge is -2.06. The Morgan fingerprint density at radius 1 is 1.42 bits per heavy atom. The topological polar surface area (TPSA) is 41.9 Å². The fourth-order valence-corrected chi connectivity index (χ4v) is 2.82. The van der Waals surface area contributed by atoms with Gasteiger partial charge >= 0.3 is 0 Å². The summed E-state index contributed by atoms with van der Waals surface area (Å²) in [5.74, 6) is 0.833. The number of hydrogen-bond acceptors (Lipinski definition) is 4. The molecule has 19 heavy (non-hydrogen) atoms. The number of aliphatic imine (C=N–C) groups is 1. The van der Waals surface area contributed by atoms with Gasteiger partial charge in [0, 0.05) is 14.1 Å². The van der Waals surface area contributed by atoms with Gasteiger partial charge in [0.1, 0.15) is 5.75 Å². The normalized spacial score (nSPS) is 19.6. The van der Waals surface area contributed by atoms with E-state index in [1.54, 1.807) is 26.1 Å². The van der Waals surface area contributed by atoms with Crippen LogP contribution in [0.4, 0.5) is 0 Å². The van der Waals surface area contributed by atoms with Gasteiger partial charge < -0.3 is 4.74 Å². The molecule has 1 fully saturated rings. The van der Waals surface area contributed by atoms with Gasteiger partial charge in [-0.2, -0.15) is 0 Å². The van der Waals surface area contributed by atoms with Crippen molar-refractivity contribution in [2.24, 2.45) is 4.99 Å². The SMILES string of the molecule is CN=C1S/C(=C/c2ccc(OC)c(C)c2)C(=O)N1C. The first-order valence-electron chi connectivity index (χ1n) is 5.86. The Morgan fingerprint density at radius 3 is 2.68 bits per heavy atom. The Morgan fingerprint density at radius 2 is 2.16 bits per heavy atom. The molecule has 0 aromatic heterocycles. The maximum Gasteiger partial charge on any atom is 0.266 e. The van der Waals surface area contributed by atoms with Gasteiger partial charge in [-0.25, -0.2) is 0 Å². The zero-order valence-corrected chi connectivity index (χ0v) is 12.2. The molecule has 1 aromatic carbocycles. The lowest BCUT2D eigenvalue weighted by molar-refractivity contribution is -0.121. The lowest BCUT2D eigenvalue weighted by atomic mass is 10.1. The largest absolute Gasteiger partial charge is 0.496 e. The van der Waals surface area contributed by atoms with Crippen LogP contribution in [0.25, 0.3) is 6.08 Å². The van der Waals surface area contributed by atoms with Gasteiger partial charge in [0.15, 0.2) is 5.17 Å². The second-order valence-electron chi connectivity index (χ2n) is 4.21. The quantitative estimate of drug-likeness (QED) is 0.780. The number of likely N-dealkylation sites (N-methyl/N-ethyl adjacent to an activating group) is 1. The van der Waals surface area contributed by atoms with Gasteiger partial charge in [0.2, 0.25) is 0 Å². The van der Waals surface area contributed by atoms with Gasteiger partial charge in [-0.15, -0.1) is 0 Å². The highest BCUT2D eigenvalue weighted by Gasteiger charge is 2.29. The molecule has 2 rings (SSSR count). The van der Waals surface area contributed by atoms with E-state index in [0.717, 1.165) is 22.0 Å². The van der Waals surface area contributed by atoms with Crippen molar-refractivity contribution in [1.82, 2.24) is 4.90 Å². The molecule has 0 unspecified atom stereocenters. The number of carbonyl (C=O) groups excluding carboxylic acids is 1. The molecule has 0 N–H and O–H groups in total. The first-order chi connectivity index (χ1) is 9.06. The maximum atomic E-state index is 12.0. The molecule has 0 aliphatic carbocycles. The number of hydrogen-bond donors (Lipinski definition) is 0. The molecular weight excluding hydrogens is 260 g/mol. The van der Waals surface area contributed by atoms with Gasteiger partial charge in [0.05, 0.1) is 12.0 Å². The van der Waals surface area contributed by atoms with E-state index in [1.165, 1.54) is 11.8 Å². The van der Waals surface area contributed by atoms with Gasteiger partial charge in [0.25, 0.3) is 5.91 Å². The molecule has 1 aliphatic rings. The summed E-state index contributed by atoms with van der Waals surface area (Å²) in [5.41, 5.74) is 2.03. The summed E-state index contributed by atoms with van der Waals surface area (Å²) >= 11 is 1.39. The number of methoxy groups -OCH3 is 1. The summed E-state index contributed by atoms with van der Waals surface area (Å²) in [4.78, 5) is 18.3. The van der Waals surface area contributed by atoms with E-state index in [1.807, 2.05) is 31.2 Å². The molecule has 100 valence electrons. The van der Waals surface area contributed by atoms with E-state index >= 15 is 0 Å². The highest BCUT2D eigenvalue weighted by molar-refractivity contribution is 8.18. The van der Waals surface area contributed by atoms with Crippen molar-refractivity contribution in [1.29, 1.82) is 0 Å². The van der Waals surface area contributed by atoms with Crippen LogP contribution >= 0.6 is 11.8 Å². The van der Waals surface area contributed by atoms with E-state index in [0.29, 0.717) is 4.91 Å². The summed E-state index contributed by atoms with van der Waals surface area (Å²) in [6.45, 7) is 1.98. The highest BCUT2D eigenvalue weighted by atomic mass is 32.2. The lowest BCUT2D eigenvalue weighted by Crippen LogP contribution is -2.23. The second-order valence-corrected chi connectivity index (χ2v) is 5.22. The number of carbonyl (C=O) groups is 1. The van der Waals surface area contributed by atoms with Crippen LogP contribution in [0.3, 0.4) is 0 Å². The zero-order chi connectivity index (χ0) is 14.0. The molecule has 0 atom stereocenters. The summed E-state index contributed by atoms with van der Waals surface area (Å²) in [5, 5.41) is 0.724. The third-order valence-corrected chi connectivity index (χ3v) is 4.06. The van der Waals surface area contributed by atoms with Crippen LogP contribution in [-0.4, -0.2) is 37.2 Å². The standard InChI is InChI=1S/C14H16N2O2S/c1-9-7-10(5-6-11(9)18-4)8-12-13(17)16(3)14(15-2)19-12/h5-8H,1-4H3/b12-8+,15-14?. The number of aryl methyl sites for hydroxylation is 1. The number of ether oxygens (including phenoxy) is 1. The first-order valence-corrected chi connectivity index (χ1v) is 6.67. The molecule has 0 radical (unpaired) electrons. The van der Waals surface area contributed by atoms with Gasteiger partial charge in [-0.05, 0) is 48.0 Å². The molecule has 0 saturated carbocycles.